The molecule has 1 amide bonds. The van der Waals surface area contributed by atoms with Gasteiger partial charge in [-0.1, -0.05) is 12.1 Å². The van der Waals surface area contributed by atoms with E-state index in [2.05, 4.69) is 10.3 Å². The first kappa shape index (κ1) is 18.1. The van der Waals surface area contributed by atoms with Gasteiger partial charge in [-0.25, -0.2) is 12.7 Å². The maximum Gasteiger partial charge on any atom is 0.251 e. The summed E-state index contributed by atoms with van der Waals surface area (Å²) in [7, 11) is -0.372. The number of hydrogen-bond donors (Lipinski definition) is 1. The lowest BCUT2D eigenvalue weighted by atomic mass is 10.0. The van der Waals surface area contributed by atoms with Crippen LogP contribution in [0.15, 0.2) is 42.7 Å². The standard InChI is InChI=1S/C17H21N3O3S/c1-13-12-18-9-8-16(13)14-4-6-15(7-5-14)17(21)19-10-11-24(22,23)20(2)3/h4-9,12H,10-11H2,1-3H3,(H,19,21). The van der Waals surface area contributed by atoms with Crippen LogP contribution < -0.4 is 5.32 Å². The third-order valence-corrected chi connectivity index (χ3v) is 5.51. The molecule has 0 unspecified atom stereocenters. The van der Waals surface area contributed by atoms with Gasteiger partial charge in [0.2, 0.25) is 10.0 Å². The molecule has 1 aromatic carbocycles. The van der Waals surface area contributed by atoms with Gasteiger partial charge in [0.25, 0.3) is 5.91 Å². The van der Waals surface area contributed by atoms with Gasteiger partial charge in [-0.15, -0.1) is 0 Å². The second kappa shape index (κ2) is 7.55. The third kappa shape index (κ3) is 4.39. The molecular weight excluding hydrogens is 326 g/mol. The summed E-state index contributed by atoms with van der Waals surface area (Å²) in [6, 6.07) is 9.12. The second-order valence-electron chi connectivity index (χ2n) is 5.62. The highest BCUT2D eigenvalue weighted by Crippen LogP contribution is 2.22. The number of carbonyl (C=O) groups is 1. The average molecular weight is 347 g/mol. The zero-order valence-corrected chi connectivity index (χ0v) is 14.8. The van der Waals surface area contributed by atoms with Gasteiger partial charge >= 0.3 is 0 Å². The Balaban J connectivity index is 2.01. The number of aryl methyl sites for hydroxylation is 1. The van der Waals surface area contributed by atoms with Crippen LogP contribution in [-0.4, -0.2) is 50.0 Å². The number of carbonyl (C=O) groups excluding carboxylic acids is 1. The molecule has 24 heavy (non-hydrogen) atoms. The molecule has 2 aromatic rings. The Morgan fingerprint density at radius 3 is 2.42 bits per heavy atom. The van der Waals surface area contributed by atoms with E-state index in [1.165, 1.54) is 14.1 Å². The van der Waals surface area contributed by atoms with Crippen molar-refractivity contribution in [3.05, 3.63) is 53.9 Å². The van der Waals surface area contributed by atoms with Crippen LogP contribution in [0.3, 0.4) is 0 Å². The number of benzene rings is 1. The first-order valence-electron chi connectivity index (χ1n) is 7.51. The lowest BCUT2D eigenvalue weighted by Crippen LogP contribution is -2.33. The predicted octanol–water partition coefficient (Wildman–Crippen LogP) is 1.68. The molecule has 1 N–H and O–H groups in total. The molecule has 0 bridgehead atoms. The minimum Gasteiger partial charge on any atom is -0.351 e. The minimum atomic E-state index is -3.31. The van der Waals surface area contributed by atoms with E-state index >= 15 is 0 Å². The molecule has 128 valence electrons. The summed E-state index contributed by atoms with van der Waals surface area (Å²) in [5, 5.41) is 2.63. The van der Waals surface area contributed by atoms with Gasteiger partial charge in [0.1, 0.15) is 0 Å². The minimum absolute atomic E-state index is 0.0740. The molecule has 0 atom stereocenters. The highest BCUT2D eigenvalue weighted by Gasteiger charge is 2.14. The Labute approximate surface area is 142 Å². The van der Waals surface area contributed by atoms with Gasteiger partial charge in [-0.05, 0) is 41.8 Å². The normalized spacial score (nSPS) is 11.5. The van der Waals surface area contributed by atoms with Crippen molar-refractivity contribution < 1.29 is 13.2 Å². The summed E-state index contributed by atoms with van der Waals surface area (Å²) in [5.74, 6) is -0.415. The molecular formula is C17H21N3O3S. The quantitative estimate of drug-likeness (QED) is 0.862. The van der Waals surface area contributed by atoms with Gasteiger partial charge in [0.05, 0.1) is 5.75 Å². The fourth-order valence-electron chi connectivity index (χ4n) is 2.18. The lowest BCUT2D eigenvalue weighted by Gasteiger charge is -2.12. The summed E-state index contributed by atoms with van der Waals surface area (Å²) >= 11 is 0. The van der Waals surface area contributed by atoms with Crippen molar-refractivity contribution in [2.45, 2.75) is 6.92 Å². The van der Waals surface area contributed by atoms with Crippen LogP contribution in [0.5, 0.6) is 0 Å². The molecule has 1 heterocycles. The number of sulfonamides is 1. The fourth-order valence-corrected chi connectivity index (χ4v) is 2.90. The van der Waals surface area contributed by atoms with E-state index in [1.807, 2.05) is 25.1 Å². The summed E-state index contributed by atoms with van der Waals surface area (Å²) in [5.41, 5.74) is 3.62. The Hall–Kier alpha value is -2.25. The molecule has 6 nitrogen and oxygen atoms in total. The van der Waals surface area contributed by atoms with Gasteiger partial charge in [-0.3, -0.25) is 9.78 Å². The molecule has 7 heteroatoms. The van der Waals surface area contributed by atoms with Crippen LogP contribution in [0.1, 0.15) is 15.9 Å². The topological polar surface area (TPSA) is 79.4 Å². The second-order valence-corrected chi connectivity index (χ2v) is 7.92. The van der Waals surface area contributed by atoms with Crippen LogP contribution in [0.4, 0.5) is 0 Å². The van der Waals surface area contributed by atoms with Crippen molar-refractivity contribution in [2.24, 2.45) is 0 Å². The molecule has 0 saturated heterocycles. The smallest absolute Gasteiger partial charge is 0.251 e. The Bertz CT molecular complexity index is 815. The zero-order chi connectivity index (χ0) is 17.7. The van der Waals surface area contributed by atoms with Crippen LogP contribution in [0.2, 0.25) is 0 Å². The van der Waals surface area contributed by atoms with Gasteiger partial charge < -0.3 is 5.32 Å². The van der Waals surface area contributed by atoms with Gasteiger partial charge in [-0.2, -0.15) is 0 Å². The summed E-state index contributed by atoms with van der Waals surface area (Å²) in [4.78, 5) is 16.2. The largest absolute Gasteiger partial charge is 0.351 e. The molecule has 0 aliphatic carbocycles. The lowest BCUT2D eigenvalue weighted by molar-refractivity contribution is 0.0956. The number of rotatable bonds is 6. The van der Waals surface area contributed by atoms with Gasteiger partial charge in [0, 0.05) is 38.6 Å². The molecule has 0 aliphatic heterocycles. The summed E-state index contributed by atoms with van der Waals surface area (Å²) in [6.07, 6.45) is 3.52. The highest BCUT2D eigenvalue weighted by molar-refractivity contribution is 7.89. The zero-order valence-electron chi connectivity index (χ0n) is 14.0. The van der Waals surface area contributed by atoms with E-state index in [-0.39, 0.29) is 18.2 Å². The number of pyridine rings is 1. The highest BCUT2D eigenvalue weighted by atomic mass is 32.2. The van der Waals surface area contributed by atoms with Crippen LogP contribution >= 0.6 is 0 Å². The first-order valence-corrected chi connectivity index (χ1v) is 9.11. The van der Waals surface area contributed by atoms with Crippen molar-refractivity contribution in [1.82, 2.24) is 14.6 Å². The number of nitrogens with one attached hydrogen (secondary N) is 1. The molecule has 0 fully saturated rings. The van der Waals surface area contributed by atoms with Crippen LogP contribution in [-0.2, 0) is 10.0 Å². The van der Waals surface area contributed by atoms with Crippen molar-refractivity contribution in [2.75, 3.05) is 26.4 Å². The first-order chi connectivity index (χ1) is 11.3. The van der Waals surface area contributed by atoms with Crippen LogP contribution in [0, 0.1) is 6.92 Å². The average Bonchev–Trinajstić information content (AvgIpc) is 2.55. The number of amides is 1. The predicted molar refractivity (Wildman–Crippen MR) is 94.2 cm³/mol. The molecule has 0 saturated carbocycles. The van der Waals surface area contributed by atoms with Crippen molar-refractivity contribution in [3.63, 3.8) is 0 Å². The van der Waals surface area contributed by atoms with Crippen molar-refractivity contribution >= 4 is 15.9 Å². The monoisotopic (exact) mass is 347 g/mol. The van der Waals surface area contributed by atoms with Crippen molar-refractivity contribution in [3.8, 4) is 11.1 Å². The fraction of sp³-hybridized carbons (Fsp3) is 0.294. The molecule has 0 radical (unpaired) electrons. The summed E-state index contributed by atoms with van der Waals surface area (Å²) in [6.45, 7) is 2.05. The molecule has 0 spiro atoms. The van der Waals surface area contributed by atoms with Crippen LogP contribution in [0.25, 0.3) is 11.1 Å². The summed E-state index contributed by atoms with van der Waals surface area (Å²) < 4.78 is 24.4. The third-order valence-electron chi connectivity index (χ3n) is 3.68. The SMILES string of the molecule is Cc1cnccc1-c1ccc(C(=O)NCCS(=O)(=O)N(C)C)cc1. The van der Waals surface area contributed by atoms with Crippen molar-refractivity contribution in [1.29, 1.82) is 0 Å². The Kier molecular flexibility index (Phi) is 5.69. The maximum absolute atomic E-state index is 12.1. The van der Waals surface area contributed by atoms with E-state index in [0.29, 0.717) is 5.56 Å². The van der Waals surface area contributed by atoms with E-state index < -0.39 is 10.0 Å². The Morgan fingerprint density at radius 2 is 1.83 bits per heavy atom. The van der Waals surface area contributed by atoms with Gasteiger partial charge in [0.15, 0.2) is 0 Å². The number of hydrogen-bond acceptors (Lipinski definition) is 4. The maximum atomic E-state index is 12.1. The Morgan fingerprint density at radius 1 is 1.17 bits per heavy atom. The van der Waals surface area contributed by atoms with E-state index in [9.17, 15) is 13.2 Å². The number of nitrogens with zero attached hydrogens (tertiary/aromatic N) is 2. The van der Waals surface area contributed by atoms with E-state index in [0.717, 1.165) is 21.0 Å². The van der Waals surface area contributed by atoms with E-state index in [1.54, 1.807) is 24.5 Å². The van der Waals surface area contributed by atoms with E-state index in [4.69, 9.17) is 0 Å². The molecule has 0 aliphatic rings. The number of aromatic nitrogens is 1. The molecule has 1 aromatic heterocycles. The molecule has 2 rings (SSSR count).